The van der Waals surface area contributed by atoms with Crippen LogP contribution in [-0.2, 0) is 0 Å². The average molecular weight is 304 g/mol. The summed E-state index contributed by atoms with van der Waals surface area (Å²) in [5.41, 5.74) is 0.358. The van der Waals surface area contributed by atoms with Crippen molar-refractivity contribution in [2.24, 2.45) is 5.41 Å². The van der Waals surface area contributed by atoms with E-state index in [2.05, 4.69) is 22.9 Å². The molecule has 1 atom stereocenters. The highest BCUT2D eigenvalue weighted by Crippen LogP contribution is 2.53. The van der Waals surface area contributed by atoms with Crippen LogP contribution in [0.2, 0.25) is 0 Å². The smallest absolute Gasteiger partial charge is 0.119 e. The maximum absolute atomic E-state index is 6.17. The molecule has 1 unspecified atom stereocenters. The molecule has 1 saturated carbocycles. The third-order valence-electron chi connectivity index (χ3n) is 3.42. The molecule has 3 heteroatoms. The largest absolute Gasteiger partial charge is 0.494 e. The van der Waals surface area contributed by atoms with Crippen molar-refractivity contribution in [1.82, 2.24) is 0 Å². The lowest BCUT2D eigenvalue weighted by molar-refractivity contribution is 0.267. The first-order valence-electron chi connectivity index (χ1n) is 5.65. The van der Waals surface area contributed by atoms with Crippen molar-refractivity contribution in [2.75, 3.05) is 6.61 Å². The Hall–Kier alpha value is -0.210. The second-order valence-electron chi connectivity index (χ2n) is 4.53. The van der Waals surface area contributed by atoms with Gasteiger partial charge in [-0.05, 0) is 55.9 Å². The highest BCUT2D eigenvalue weighted by molar-refractivity contribution is 9.10. The number of hydrogen-bond donors (Lipinski definition) is 0. The van der Waals surface area contributed by atoms with Crippen molar-refractivity contribution < 1.29 is 4.74 Å². The summed E-state index contributed by atoms with van der Waals surface area (Å²) >= 11 is 9.57. The van der Waals surface area contributed by atoms with Crippen LogP contribution in [0.25, 0.3) is 0 Å². The van der Waals surface area contributed by atoms with Gasteiger partial charge in [-0.2, -0.15) is 0 Å². The zero-order valence-electron chi connectivity index (χ0n) is 9.38. The molecule has 1 aliphatic rings. The normalized spacial score (nSPS) is 19.2. The molecule has 0 heterocycles. The van der Waals surface area contributed by atoms with Crippen LogP contribution in [-0.4, -0.2) is 12.0 Å². The Balaban J connectivity index is 1.78. The van der Waals surface area contributed by atoms with Crippen LogP contribution in [0.15, 0.2) is 28.7 Å². The Labute approximate surface area is 110 Å². The molecule has 0 radical (unpaired) electrons. The van der Waals surface area contributed by atoms with Crippen molar-refractivity contribution in [2.45, 2.75) is 31.6 Å². The third kappa shape index (κ3) is 2.92. The molecule has 88 valence electrons. The molecular formula is C13H16BrClO. The maximum Gasteiger partial charge on any atom is 0.119 e. The predicted molar refractivity (Wildman–Crippen MR) is 71.2 cm³/mol. The molecule has 2 rings (SSSR count). The van der Waals surface area contributed by atoms with Crippen molar-refractivity contribution in [1.29, 1.82) is 0 Å². The minimum absolute atomic E-state index is 0.265. The molecule has 16 heavy (non-hydrogen) atoms. The molecule has 1 aromatic carbocycles. The van der Waals surface area contributed by atoms with Crippen LogP contribution in [0.1, 0.15) is 26.2 Å². The topological polar surface area (TPSA) is 9.23 Å². The Morgan fingerprint density at radius 2 is 2.00 bits per heavy atom. The summed E-state index contributed by atoms with van der Waals surface area (Å²) in [6.45, 7) is 2.85. The lowest BCUT2D eigenvalue weighted by Gasteiger charge is -2.17. The number of benzene rings is 1. The maximum atomic E-state index is 6.17. The van der Waals surface area contributed by atoms with Gasteiger partial charge in [0.05, 0.1) is 6.61 Å². The van der Waals surface area contributed by atoms with E-state index in [1.54, 1.807) is 0 Å². The van der Waals surface area contributed by atoms with E-state index in [-0.39, 0.29) is 5.38 Å². The standard InChI is InChI=1S/C13H16BrClO/c1-10(15)13(6-7-13)8-9-16-12-4-2-11(14)3-5-12/h2-5,10H,6-9H2,1H3. The second-order valence-corrected chi connectivity index (χ2v) is 6.10. The quantitative estimate of drug-likeness (QED) is 0.721. The highest BCUT2D eigenvalue weighted by Gasteiger charge is 2.46. The number of rotatable bonds is 5. The van der Waals surface area contributed by atoms with Gasteiger partial charge in [-0.3, -0.25) is 0 Å². The molecule has 0 amide bonds. The van der Waals surface area contributed by atoms with Gasteiger partial charge in [0.15, 0.2) is 0 Å². The van der Waals surface area contributed by atoms with Gasteiger partial charge in [0.2, 0.25) is 0 Å². The summed E-state index contributed by atoms with van der Waals surface area (Å²) in [4.78, 5) is 0. The summed E-state index contributed by atoms with van der Waals surface area (Å²) in [6, 6.07) is 7.94. The summed E-state index contributed by atoms with van der Waals surface area (Å²) in [6.07, 6.45) is 3.57. The van der Waals surface area contributed by atoms with Crippen molar-refractivity contribution in [3.05, 3.63) is 28.7 Å². The number of alkyl halides is 1. The van der Waals surface area contributed by atoms with E-state index < -0.39 is 0 Å². The first-order valence-corrected chi connectivity index (χ1v) is 6.88. The Morgan fingerprint density at radius 1 is 1.38 bits per heavy atom. The van der Waals surface area contributed by atoms with Gasteiger partial charge in [-0.25, -0.2) is 0 Å². The van der Waals surface area contributed by atoms with Crippen LogP contribution in [0.3, 0.4) is 0 Å². The van der Waals surface area contributed by atoms with Gasteiger partial charge >= 0.3 is 0 Å². The molecule has 0 saturated heterocycles. The van der Waals surface area contributed by atoms with E-state index >= 15 is 0 Å². The van der Waals surface area contributed by atoms with E-state index in [4.69, 9.17) is 16.3 Å². The molecule has 1 nitrogen and oxygen atoms in total. The van der Waals surface area contributed by atoms with E-state index in [0.717, 1.165) is 23.2 Å². The second kappa shape index (κ2) is 4.97. The number of ether oxygens (including phenoxy) is 1. The number of halogens is 2. The van der Waals surface area contributed by atoms with Gasteiger partial charge in [-0.1, -0.05) is 15.9 Å². The van der Waals surface area contributed by atoms with Crippen molar-refractivity contribution in [3.63, 3.8) is 0 Å². The van der Waals surface area contributed by atoms with E-state index in [9.17, 15) is 0 Å². The summed E-state index contributed by atoms with van der Waals surface area (Å²) in [5.74, 6) is 0.932. The first-order chi connectivity index (χ1) is 7.62. The average Bonchev–Trinajstić information content (AvgIpc) is 3.02. The lowest BCUT2D eigenvalue weighted by Crippen LogP contribution is -2.16. The third-order valence-corrected chi connectivity index (χ3v) is 4.41. The Morgan fingerprint density at radius 3 is 2.50 bits per heavy atom. The molecule has 0 spiro atoms. The molecule has 0 bridgehead atoms. The van der Waals surface area contributed by atoms with Gasteiger partial charge < -0.3 is 4.74 Å². The van der Waals surface area contributed by atoms with Gasteiger partial charge in [0.1, 0.15) is 5.75 Å². The van der Waals surface area contributed by atoms with Gasteiger partial charge in [0.25, 0.3) is 0 Å². The van der Waals surface area contributed by atoms with Crippen LogP contribution >= 0.6 is 27.5 Å². The molecular weight excluding hydrogens is 287 g/mol. The van der Waals surface area contributed by atoms with E-state index in [0.29, 0.717) is 5.41 Å². The fraction of sp³-hybridized carbons (Fsp3) is 0.538. The first kappa shape index (κ1) is 12.3. The van der Waals surface area contributed by atoms with Crippen LogP contribution < -0.4 is 4.74 Å². The van der Waals surface area contributed by atoms with Crippen LogP contribution in [0.5, 0.6) is 5.75 Å². The van der Waals surface area contributed by atoms with Crippen LogP contribution in [0, 0.1) is 5.41 Å². The fourth-order valence-electron chi connectivity index (χ4n) is 1.91. The number of hydrogen-bond acceptors (Lipinski definition) is 1. The monoisotopic (exact) mass is 302 g/mol. The summed E-state index contributed by atoms with van der Waals surface area (Å²) < 4.78 is 6.78. The lowest BCUT2D eigenvalue weighted by atomic mass is 9.99. The fourth-order valence-corrected chi connectivity index (χ4v) is 2.50. The molecule has 1 aliphatic carbocycles. The summed E-state index contributed by atoms with van der Waals surface area (Å²) in [7, 11) is 0. The van der Waals surface area contributed by atoms with Crippen molar-refractivity contribution in [3.8, 4) is 5.75 Å². The van der Waals surface area contributed by atoms with E-state index in [1.807, 2.05) is 24.3 Å². The Bertz CT molecular complexity index is 343. The zero-order valence-corrected chi connectivity index (χ0v) is 11.7. The van der Waals surface area contributed by atoms with Crippen molar-refractivity contribution >= 4 is 27.5 Å². The molecule has 1 fully saturated rings. The molecule has 0 aromatic heterocycles. The van der Waals surface area contributed by atoms with Gasteiger partial charge in [0, 0.05) is 9.85 Å². The predicted octanol–water partition coefficient (Wildman–Crippen LogP) is 4.63. The SMILES string of the molecule is CC(Cl)C1(CCOc2ccc(Br)cc2)CC1. The Kier molecular flexibility index (Phi) is 3.81. The summed E-state index contributed by atoms with van der Waals surface area (Å²) in [5, 5.41) is 0.265. The van der Waals surface area contributed by atoms with E-state index in [1.165, 1.54) is 12.8 Å². The van der Waals surface area contributed by atoms with Crippen LogP contribution in [0.4, 0.5) is 0 Å². The molecule has 0 N–H and O–H groups in total. The zero-order chi connectivity index (χ0) is 11.6. The molecule has 0 aliphatic heterocycles. The highest BCUT2D eigenvalue weighted by atomic mass is 79.9. The molecule has 1 aromatic rings. The van der Waals surface area contributed by atoms with Gasteiger partial charge in [-0.15, -0.1) is 11.6 Å². The minimum atomic E-state index is 0.265. The minimum Gasteiger partial charge on any atom is -0.494 e.